The van der Waals surface area contributed by atoms with Gasteiger partial charge in [-0.15, -0.1) is 0 Å². The van der Waals surface area contributed by atoms with E-state index in [0.29, 0.717) is 29.3 Å². The van der Waals surface area contributed by atoms with E-state index in [9.17, 15) is 9.90 Å². The molecule has 5 aromatic rings. The second-order valence-electron chi connectivity index (χ2n) is 10.4. The van der Waals surface area contributed by atoms with E-state index in [1.54, 1.807) is 14.2 Å². The number of aliphatic carboxylic acids is 1. The molecule has 5 aromatic carbocycles. The molecule has 1 aliphatic rings. The Bertz CT molecular complexity index is 1740. The van der Waals surface area contributed by atoms with Crippen molar-refractivity contribution in [1.82, 2.24) is 0 Å². The van der Waals surface area contributed by atoms with Gasteiger partial charge in [0.1, 0.15) is 12.2 Å². The number of rotatable bonds is 9. The van der Waals surface area contributed by atoms with Gasteiger partial charge in [0.2, 0.25) is 0 Å². The second-order valence-corrected chi connectivity index (χ2v) is 10.4. The summed E-state index contributed by atoms with van der Waals surface area (Å²) in [5, 5.41) is 11.6. The van der Waals surface area contributed by atoms with Crippen molar-refractivity contribution >= 4 is 17.5 Å². The standard InChI is InChI=1S/C37H32N2O4/c1-42-32-24-23-31(25-33(32)43-2)39-35(29-19-11-5-12-20-29)38(26-27-15-7-3-8-16-27)34(28-17-9-4-10-18-28)37(39,36(40)41)30-21-13-6-14-22-30/h3-25,34H,26H2,1-2H3/p+1. The molecule has 0 radical (unpaired) electrons. The molecule has 214 valence electrons. The maximum Gasteiger partial charge on any atom is 0.362 e. The highest BCUT2D eigenvalue weighted by Gasteiger charge is 2.68. The minimum Gasteiger partial charge on any atom is -0.493 e. The Morgan fingerprint density at radius 3 is 1.88 bits per heavy atom. The summed E-state index contributed by atoms with van der Waals surface area (Å²) >= 11 is 0. The smallest absolute Gasteiger partial charge is 0.362 e. The molecule has 6 rings (SSSR count). The van der Waals surface area contributed by atoms with Crippen molar-refractivity contribution in [3.63, 3.8) is 0 Å². The van der Waals surface area contributed by atoms with Gasteiger partial charge in [0.25, 0.3) is 11.4 Å². The molecule has 0 fully saturated rings. The first-order valence-electron chi connectivity index (χ1n) is 14.2. The van der Waals surface area contributed by atoms with Crippen LogP contribution in [0.2, 0.25) is 0 Å². The zero-order chi connectivity index (χ0) is 29.8. The van der Waals surface area contributed by atoms with Gasteiger partial charge in [-0.25, -0.2) is 14.3 Å². The van der Waals surface area contributed by atoms with Gasteiger partial charge >= 0.3 is 5.97 Å². The van der Waals surface area contributed by atoms with E-state index in [2.05, 4.69) is 16.7 Å². The fourth-order valence-corrected chi connectivity index (χ4v) is 6.26. The number of carbonyl (C=O) groups is 1. The average Bonchev–Trinajstić information content (AvgIpc) is 3.37. The van der Waals surface area contributed by atoms with Crippen LogP contribution in [0.1, 0.15) is 28.3 Å². The maximum absolute atomic E-state index is 14.2. The van der Waals surface area contributed by atoms with Gasteiger partial charge in [0, 0.05) is 17.2 Å². The minimum atomic E-state index is -1.57. The van der Waals surface area contributed by atoms with E-state index in [1.807, 2.05) is 132 Å². The molecule has 2 unspecified atom stereocenters. The fourth-order valence-electron chi connectivity index (χ4n) is 6.26. The third kappa shape index (κ3) is 4.81. The van der Waals surface area contributed by atoms with Crippen molar-refractivity contribution < 1.29 is 24.0 Å². The molecule has 0 spiro atoms. The molecule has 0 saturated heterocycles. The molecular weight excluding hydrogens is 536 g/mol. The Hall–Kier alpha value is -5.36. The molecule has 0 aromatic heterocycles. The summed E-state index contributed by atoms with van der Waals surface area (Å²) in [6.45, 7) is 0.482. The number of ether oxygens (including phenoxy) is 2. The molecular formula is C37H33N2O4+. The molecule has 0 saturated carbocycles. The topological polar surface area (TPSA) is 62.0 Å². The van der Waals surface area contributed by atoms with Crippen molar-refractivity contribution in [1.29, 1.82) is 0 Å². The van der Waals surface area contributed by atoms with Gasteiger partial charge in [-0.1, -0.05) is 109 Å². The maximum atomic E-state index is 14.2. The first kappa shape index (κ1) is 27.8. The number of hydrogen-bond acceptors (Lipinski definition) is 4. The predicted molar refractivity (Wildman–Crippen MR) is 168 cm³/mol. The van der Waals surface area contributed by atoms with E-state index < -0.39 is 17.6 Å². The Kier molecular flexibility index (Phi) is 7.67. The van der Waals surface area contributed by atoms with Gasteiger partial charge < -0.3 is 14.6 Å². The van der Waals surface area contributed by atoms with Crippen LogP contribution in [-0.2, 0) is 16.9 Å². The number of methoxy groups -OCH3 is 2. The summed E-state index contributed by atoms with van der Waals surface area (Å²) in [7, 11) is 3.18. The van der Waals surface area contributed by atoms with E-state index in [-0.39, 0.29) is 0 Å². The van der Waals surface area contributed by atoms with Crippen LogP contribution >= 0.6 is 0 Å². The Balaban J connectivity index is 1.77. The summed E-state index contributed by atoms with van der Waals surface area (Å²) in [5.74, 6) is 0.883. The molecule has 6 heteroatoms. The Morgan fingerprint density at radius 2 is 1.30 bits per heavy atom. The van der Waals surface area contributed by atoms with Crippen LogP contribution in [0.3, 0.4) is 0 Å². The van der Waals surface area contributed by atoms with E-state index in [0.717, 1.165) is 22.5 Å². The molecule has 2 atom stereocenters. The zero-order valence-electron chi connectivity index (χ0n) is 24.1. The van der Waals surface area contributed by atoms with Crippen LogP contribution in [0.4, 0.5) is 5.69 Å². The molecule has 1 aliphatic heterocycles. The summed E-state index contributed by atoms with van der Waals surface area (Å²) in [6.07, 6.45) is 0. The molecule has 0 bridgehead atoms. The van der Waals surface area contributed by atoms with Crippen molar-refractivity contribution in [2.24, 2.45) is 0 Å². The van der Waals surface area contributed by atoms with Gasteiger partial charge in [-0.2, -0.15) is 0 Å². The molecule has 43 heavy (non-hydrogen) atoms. The van der Waals surface area contributed by atoms with E-state index >= 15 is 0 Å². The van der Waals surface area contributed by atoms with Crippen LogP contribution in [-0.4, -0.2) is 35.7 Å². The number of carboxylic acids is 1. The van der Waals surface area contributed by atoms with Crippen LogP contribution < -0.4 is 14.4 Å². The third-order valence-corrected chi connectivity index (χ3v) is 8.05. The summed E-state index contributed by atoms with van der Waals surface area (Å²) in [6, 6.07) is 44.6. The van der Waals surface area contributed by atoms with Crippen molar-refractivity contribution in [2.45, 2.75) is 18.1 Å². The highest BCUT2D eigenvalue weighted by atomic mass is 16.5. The predicted octanol–water partition coefficient (Wildman–Crippen LogP) is 6.90. The normalized spacial score (nSPS) is 18.0. The molecule has 1 heterocycles. The van der Waals surface area contributed by atoms with Gasteiger partial charge in [0.15, 0.2) is 17.5 Å². The van der Waals surface area contributed by atoms with E-state index in [1.165, 1.54) is 0 Å². The minimum absolute atomic E-state index is 0.482. The summed E-state index contributed by atoms with van der Waals surface area (Å²) in [5.41, 5.74) is 2.62. The van der Waals surface area contributed by atoms with Crippen LogP contribution in [0.25, 0.3) is 0 Å². The first-order chi connectivity index (χ1) is 21.1. The fraction of sp³-hybridized carbons (Fsp3) is 0.135. The molecule has 6 nitrogen and oxygen atoms in total. The molecule has 0 aliphatic carbocycles. The lowest BCUT2D eigenvalue weighted by Crippen LogP contribution is -2.54. The first-order valence-corrected chi connectivity index (χ1v) is 14.2. The van der Waals surface area contributed by atoms with E-state index in [4.69, 9.17) is 9.47 Å². The number of benzene rings is 5. The molecule has 1 N–H and O–H groups in total. The Morgan fingerprint density at radius 1 is 0.744 bits per heavy atom. The van der Waals surface area contributed by atoms with Gasteiger partial charge in [0.05, 0.1) is 19.8 Å². The average molecular weight is 570 g/mol. The second kappa shape index (κ2) is 11.9. The zero-order valence-corrected chi connectivity index (χ0v) is 24.1. The van der Waals surface area contributed by atoms with Crippen molar-refractivity contribution in [2.75, 3.05) is 19.1 Å². The highest BCUT2D eigenvalue weighted by Crippen LogP contribution is 2.51. The number of anilines is 1. The van der Waals surface area contributed by atoms with Gasteiger partial charge in [-0.3, -0.25) is 0 Å². The largest absolute Gasteiger partial charge is 0.493 e. The van der Waals surface area contributed by atoms with Crippen LogP contribution in [0, 0.1) is 0 Å². The highest BCUT2D eigenvalue weighted by molar-refractivity contribution is 6.13. The van der Waals surface area contributed by atoms with Crippen LogP contribution in [0.15, 0.2) is 140 Å². The summed E-state index contributed by atoms with van der Waals surface area (Å²) in [4.78, 5) is 16.2. The third-order valence-electron chi connectivity index (χ3n) is 8.05. The number of carboxylic acid groups (broad SMARTS) is 1. The number of amidine groups is 1. The monoisotopic (exact) mass is 569 g/mol. The lowest BCUT2D eigenvalue weighted by Gasteiger charge is -2.34. The molecule has 0 amide bonds. The number of hydrogen-bond donors (Lipinski definition) is 1. The SMILES string of the molecule is COc1ccc(N2C(c3ccccc3)=[N+](Cc3ccccc3)C(c3ccccc3)C2(C(=O)O)c2ccccc2)cc1OC. The lowest BCUT2D eigenvalue weighted by atomic mass is 9.78. The Labute approximate surface area is 251 Å². The lowest BCUT2D eigenvalue weighted by molar-refractivity contribution is -0.586. The van der Waals surface area contributed by atoms with Crippen molar-refractivity contribution in [3.8, 4) is 11.5 Å². The van der Waals surface area contributed by atoms with Crippen LogP contribution in [0.5, 0.6) is 11.5 Å². The van der Waals surface area contributed by atoms with Crippen molar-refractivity contribution in [3.05, 3.63) is 162 Å². The number of nitrogens with zero attached hydrogens (tertiary/aromatic N) is 2. The quantitative estimate of drug-likeness (QED) is 0.196. The van der Waals surface area contributed by atoms with Gasteiger partial charge in [-0.05, 0) is 29.8 Å². The summed E-state index contributed by atoms with van der Waals surface area (Å²) < 4.78 is 13.5.